The van der Waals surface area contributed by atoms with Gasteiger partial charge in [0.2, 0.25) is 5.78 Å². The number of hydrogen-bond acceptors (Lipinski definition) is 10. The summed E-state index contributed by atoms with van der Waals surface area (Å²) in [6.45, 7) is 6.69. The van der Waals surface area contributed by atoms with E-state index in [4.69, 9.17) is 20.9 Å². The van der Waals surface area contributed by atoms with Crippen molar-refractivity contribution in [1.82, 2.24) is 15.6 Å². The fourth-order valence-corrected chi connectivity index (χ4v) is 7.44. The van der Waals surface area contributed by atoms with Crippen molar-refractivity contribution in [3.8, 4) is 0 Å². The van der Waals surface area contributed by atoms with Gasteiger partial charge in [0.15, 0.2) is 17.3 Å². The molecule has 7 N–H and O–H groups in total. The van der Waals surface area contributed by atoms with Crippen LogP contribution in [0.15, 0.2) is 71.4 Å². The lowest BCUT2D eigenvalue weighted by atomic mass is 9.72. The number of benzene rings is 1. The first-order valence-electron chi connectivity index (χ1n) is 17.5. The van der Waals surface area contributed by atoms with E-state index in [1.54, 1.807) is 43.6 Å². The number of guanidine groups is 1. The molecule has 12 heteroatoms. The Labute approximate surface area is 293 Å². The van der Waals surface area contributed by atoms with Crippen molar-refractivity contribution in [3.63, 3.8) is 0 Å². The summed E-state index contributed by atoms with van der Waals surface area (Å²) in [6.07, 6.45) is 10.1. The minimum Gasteiger partial charge on any atom is -0.459 e. The van der Waals surface area contributed by atoms with Crippen molar-refractivity contribution in [2.24, 2.45) is 22.6 Å². The quantitative estimate of drug-likeness (QED) is 0.0457. The zero-order chi connectivity index (χ0) is 36.1. The van der Waals surface area contributed by atoms with Gasteiger partial charge in [0.25, 0.3) is 5.60 Å². The van der Waals surface area contributed by atoms with Crippen LogP contribution in [-0.2, 0) is 14.3 Å². The number of allylic oxidation sites excluding steroid dienone is 1. The smallest absolute Gasteiger partial charge is 0.350 e. The zero-order valence-corrected chi connectivity index (χ0v) is 29.4. The third kappa shape index (κ3) is 7.10. The van der Waals surface area contributed by atoms with E-state index in [9.17, 15) is 19.5 Å². The van der Waals surface area contributed by atoms with Crippen LogP contribution in [0.5, 0.6) is 0 Å². The van der Waals surface area contributed by atoms with E-state index in [-0.39, 0.29) is 48.1 Å². The van der Waals surface area contributed by atoms with Crippen LogP contribution >= 0.6 is 0 Å². The largest absolute Gasteiger partial charge is 0.459 e. The van der Waals surface area contributed by atoms with Crippen LogP contribution in [0, 0.1) is 11.8 Å². The van der Waals surface area contributed by atoms with Gasteiger partial charge in [-0.3, -0.25) is 14.6 Å². The van der Waals surface area contributed by atoms with E-state index >= 15 is 0 Å². The molecule has 0 radical (unpaired) electrons. The molecule has 0 amide bonds. The number of carbonyl (C=O) groups excluding carboxylic acids is 3. The summed E-state index contributed by atoms with van der Waals surface area (Å²) in [6, 6.07) is 9.69. The number of nitrogens with one attached hydrogen (secondary N) is 2. The molecule has 3 aliphatic rings. The number of carbonyl (C=O) groups is 3. The Morgan fingerprint density at radius 2 is 1.94 bits per heavy atom. The van der Waals surface area contributed by atoms with Crippen LogP contribution in [-0.4, -0.2) is 77.1 Å². The van der Waals surface area contributed by atoms with Crippen LogP contribution in [0.4, 0.5) is 5.82 Å². The molecule has 0 saturated carbocycles. The molecule has 2 aromatic rings. The van der Waals surface area contributed by atoms with E-state index < -0.39 is 34.8 Å². The average molecular weight is 687 g/mol. The molecule has 0 bridgehead atoms. The number of pyridine rings is 1. The van der Waals surface area contributed by atoms with E-state index in [1.165, 1.54) is 0 Å². The van der Waals surface area contributed by atoms with E-state index in [0.717, 1.165) is 30.5 Å². The lowest BCUT2D eigenvalue weighted by molar-refractivity contribution is -0.158. The monoisotopic (exact) mass is 686 g/mol. The lowest BCUT2D eigenvalue weighted by Gasteiger charge is -2.37. The number of ether oxygens (including phenoxy) is 2. The fourth-order valence-electron chi connectivity index (χ4n) is 7.44. The van der Waals surface area contributed by atoms with Crippen molar-refractivity contribution in [2.75, 3.05) is 25.9 Å². The molecular weight excluding hydrogens is 636 g/mol. The molecule has 0 unspecified atom stereocenters. The number of likely N-dealkylation sites (N-methyl/N-ethyl adjacent to an activating group) is 1. The standard InChI is InChI=1S/C38H50N6O6/c1-5-24-13-14-29(42-6-2)28(21-24)31(12-9-19-45)49-35(48)38-34(47)27-11-8-7-10-26(27)33(46)37(38,50-38)17-15-23(3)20-30(44-36(40)41-4)25-16-18-43-32(39)22-25/h7-8,10-11,13-16,18,22,24,28-31,42,45H,5-6,9,12,17,19-21H2,1-4H3,(H2,39,43)(H3,40,41,44)/b23-15+/t24-,28-,29-,30-,31+,37+,38+/m1/s1. The molecule has 1 saturated heterocycles. The van der Waals surface area contributed by atoms with Crippen molar-refractivity contribution in [2.45, 2.75) is 88.7 Å². The maximum Gasteiger partial charge on any atom is 0.350 e. The predicted octanol–water partition coefficient (Wildman–Crippen LogP) is 3.82. The number of fused-ring (bicyclic) bond motifs is 2. The summed E-state index contributed by atoms with van der Waals surface area (Å²) in [7, 11) is 1.58. The molecular formula is C38H50N6O6. The van der Waals surface area contributed by atoms with Gasteiger partial charge in [-0.15, -0.1) is 0 Å². The number of nitrogens with two attached hydrogens (primary N) is 2. The maximum absolute atomic E-state index is 14.5. The number of nitrogens with zero attached hydrogens (tertiary/aromatic N) is 2. The summed E-state index contributed by atoms with van der Waals surface area (Å²) in [5, 5.41) is 16.4. The van der Waals surface area contributed by atoms with Crippen molar-refractivity contribution < 1.29 is 29.0 Å². The second kappa shape index (κ2) is 15.7. The van der Waals surface area contributed by atoms with Gasteiger partial charge in [0, 0.05) is 49.4 Å². The molecule has 1 fully saturated rings. The molecule has 50 heavy (non-hydrogen) atoms. The number of esters is 1. The van der Waals surface area contributed by atoms with Gasteiger partial charge < -0.3 is 36.7 Å². The van der Waals surface area contributed by atoms with Gasteiger partial charge in [0.1, 0.15) is 11.9 Å². The number of anilines is 1. The number of nitrogen functional groups attached to an aromatic ring is 1. The number of aliphatic hydroxyl groups is 1. The normalized spacial score (nSPS) is 27.3. The number of aliphatic hydroxyl groups excluding tert-OH is 1. The van der Waals surface area contributed by atoms with Crippen molar-refractivity contribution in [1.29, 1.82) is 0 Å². The second-order valence-electron chi connectivity index (χ2n) is 13.4. The number of Topliss-reactive ketones (excluding diaryl/α,β-unsaturated/α-hetero) is 2. The molecule has 5 rings (SSSR count). The molecule has 12 nitrogen and oxygen atoms in total. The highest BCUT2D eigenvalue weighted by molar-refractivity contribution is 6.32. The summed E-state index contributed by atoms with van der Waals surface area (Å²) in [5.74, 6) is -1.09. The van der Waals surface area contributed by atoms with Gasteiger partial charge in [-0.05, 0) is 69.2 Å². The maximum atomic E-state index is 14.5. The number of hydrogen-bond donors (Lipinski definition) is 5. The van der Waals surface area contributed by atoms with Gasteiger partial charge in [0.05, 0.1) is 6.04 Å². The van der Waals surface area contributed by atoms with Crippen LogP contribution in [0.25, 0.3) is 0 Å². The summed E-state index contributed by atoms with van der Waals surface area (Å²) >= 11 is 0. The Morgan fingerprint density at radius 3 is 2.60 bits per heavy atom. The summed E-state index contributed by atoms with van der Waals surface area (Å²) < 4.78 is 12.5. The highest BCUT2D eigenvalue weighted by Crippen LogP contribution is 2.59. The number of ketones is 2. The van der Waals surface area contributed by atoms with E-state index in [2.05, 4.69) is 39.7 Å². The molecule has 1 aliphatic heterocycles. The third-order valence-electron chi connectivity index (χ3n) is 10.3. The number of rotatable bonds is 15. The van der Waals surface area contributed by atoms with Gasteiger partial charge >= 0.3 is 5.97 Å². The minimum absolute atomic E-state index is 0.0270. The van der Waals surface area contributed by atoms with Gasteiger partial charge in [-0.2, -0.15) is 0 Å². The Hall–Kier alpha value is -4.39. The molecule has 0 spiro atoms. The summed E-state index contributed by atoms with van der Waals surface area (Å²) in [5.41, 5.74) is 10.2. The second-order valence-corrected chi connectivity index (χ2v) is 13.4. The molecule has 1 aromatic heterocycles. The first-order chi connectivity index (χ1) is 24.0. The van der Waals surface area contributed by atoms with Gasteiger partial charge in [-0.1, -0.05) is 61.9 Å². The Kier molecular flexibility index (Phi) is 11.5. The number of aromatic nitrogens is 1. The highest BCUT2D eigenvalue weighted by Gasteiger charge is 2.85. The first kappa shape index (κ1) is 36.9. The molecule has 7 atom stereocenters. The van der Waals surface area contributed by atoms with Crippen LogP contribution in [0.1, 0.15) is 91.6 Å². The zero-order valence-electron chi connectivity index (χ0n) is 29.4. The third-order valence-corrected chi connectivity index (χ3v) is 10.3. The van der Waals surface area contributed by atoms with E-state index in [1.807, 2.05) is 26.0 Å². The minimum atomic E-state index is -2.12. The van der Waals surface area contributed by atoms with Crippen LogP contribution in [0.3, 0.4) is 0 Å². The Balaban J connectivity index is 1.47. The SMILES string of the molecule is CCN[C@@H]1C=C[C@@H](CC)C[C@H]1[C@H](CCCO)OC(=O)[C@]12O[C@@]1(C/C=C(\C)C[C@@H](NC(N)=NC)c1ccnc(N)c1)C(=O)c1ccccc1C2=O. The Bertz CT molecular complexity index is 1670. The predicted molar refractivity (Wildman–Crippen MR) is 191 cm³/mol. The van der Waals surface area contributed by atoms with E-state index in [0.29, 0.717) is 31.0 Å². The first-order valence-corrected chi connectivity index (χ1v) is 17.5. The average Bonchev–Trinajstić information content (AvgIpc) is 3.83. The van der Waals surface area contributed by atoms with Crippen molar-refractivity contribution in [3.05, 3.63) is 83.1 Å². The topological polar surface area (TPSA) is 195 Å². The number of aliphatic imine (C=N–C) groups is 1. The summed E-state index contributed by atoms with van der Waals surface area (Å²) in [4.78, 5) is 51.1. The Morgan fingerprint density at radius 1 is 1.20 bits per heavy atom. The molecule has 2 heterocycles. The lowest BCUT2D eigenvalue weighted by Crippen LogP contribution is -2.52. The molecule has 2 aliphatic carbocycles. The van der Waals surface area contributed by atoms with Crippen LogP contribution < -0.4 is 22.1 Å². The van der Waals surface area contributed by atoms with Crippen molar-refractivity contribution >= 4 is 29.3 Å². The highest BCUT2D eigenvalue weighted by atomic mass is 16.7. The van der Waals surface area contributed by atoms with Crippen LogP contribution in [0.2, 0.25) is 0 Å². The van der Waals surface area contributed by atoms with Gasteiger partial charge in [-0.25, -0.2) is 9.78 Å². The fraction of sp³-hybridized carbons (Fsp3) is 0.500. The molecule has 268 valence electrons. The molecule has 1 aromatic carbocycles. The number of epoxide rings is 1.